The van der Waals surface area contributed by atoms with Crippen molar-refractivity contribution in [2.45, 2.75) is 26.7 Å². The van der Waals surface area contributed by atoms with E-state index in [0.29, 0.717) is 11.7 Å². The molecule has 0 aliphatic carbocycles. The fraction of sp³-hybridized carbons (Fsp3) is 0.391. The van der Waals surface area contributed by atoms with Crippen LogP contribution in [0.1, 0.15) is 26.7 Å². The highest BCUT2D eigenvalue weighted by atomic mass is 32.1. The Hall–Kier alpha value is -2.80. The van der Waals surface area contributed by atoms with Crippen molar-refractivity contribution in [1.82, 2.24) is 19.8 Å². The van der Waals surface area contributed by atoms with Gasteiger partial charge in [0.2, 0.25) is 5.91 Å². The summed E-state index contributed by atoms with van der Waals surface area (Å²) in [5.74, 6) is 0.236. The highest BCUT2D eigenvalue weighted by Gasteiger charge is 2.29. The van der Waals surface area contributed by atoms with Crippen molar-refractivity contribution in [3.8, 4) is 0 Å². The van der Waals surface area contributed by atoms with Gasteiger partial charge in [-0.1, -0.05) is 0 Å². The standard InChI is InChI=1S/C23H27N5OS/c1-3-27(4-2)22(29)17-7-6-12-28(15-17)23(30)26-20-13-16-9-11-24-14-19(16)21-18(20)8-5-10-25-21/h5,8-11,13-14,17H,3-4,6-7,12,15H2,1-2H3,(H,26,30)/t17-/m1/s1. The van der Waals surface area contributed by atoms with Crippen LogP contribution in [0.15, 0.2) is 42.9 Å². The Morgan fingerprint density at radius 3 is 2.90 bits per heavy atom. The molecular weight excluding hydrogens is 394 g/mol. The number of nitrogens with zero attached hydrogens (tertiary/aromatic N) is 4. The second-order valence-corrected chi connectivity index (χ2v) is 8.03. The Kier molecular flexibility index (Phi) is 6.08. The Bertz CT molecular complexity index is 1080. The fourth-order valence-corrected chi connectivity index (χ4v) is 4.53. The van der Waals surface area contributed by atoms with Crippen molar-refractivity contribution in [2.24, 2.45) is 5.92 Å². The summed E-state index contributed by atoms with van der Waals surface area (Å²) in [6.07, 6.45) is 7.31. The van der Waals surface area contributed by atoms with Crippen molar-refractivity contribution < 1.29 is 4.79 Å². The van der Waals surface area contributed by atoms with Gasteiger partial charge in [0.25, 0.3) is 0 Å². The monoisotopic (exact) mass is 421 g/mol. The minimum atomic E-state index is -0.000473. The number of amides is 1. The van der Waals surface area contributed by atoms with Crippen LogP contribution in [0.4, 0.5) is 5.69 Å². The van der Waals surface area contributed by atoms with E-state index < -0.39 is 0 Å². The predicted octanol–water partition coefficient (Wildman–Crippen LogP) is 4.06. The van der Waals surface area contributed by atoms with Gasteiger partial charge in [-0.2, -0.15) is 0 Å². The van der Waals surface area contributed by atoms with Gasteiger partial charge in [0.1, 0.15) is 0 Å². The first-order valence-corrected chi connectivity index (χ1v) is 11.0. The van der Waals surface area contributed by atoms with Crippen molar-refractivity contribution in [3.05, 3.63) is 42.9 Å². The van der Waals surface area contributed by atoms with Gasteiger partial charge in [-0.3, -0.25) is 14.8 Å². The summed E-state index contributed by atoms with van der Waals surface area (Å²) in [7, 11) is 0. The second-order valence-electron chi connectivity index (χ2n) is 7.65. The Morgan fingerprint density at radius 1 is 1.27 bits per heavy atom. The van der Waals surface area contributed by atoms with Gasteiger partial charge in [0.05, 0.1) is 17.1 Å². The summed E-state index contributed by atoms with van der Waals surface area (Å²) in [5.41, 5.74) is 1.83. The number of hydrogen-bond acceptors (Lipinski definition) is 4. The highest BCUT2D eigenvalue weighted by molar-refractivity contribution is 7.80. The number of hydrogen-bond donors (Lipinski definition) is 1. The number of likely N-dealkylation sites (tertiary alicyclic amines) is 1. The molecule has 1 saturated heterocycles. The zero-order chi connectivity index (χ0) is 21.1. The quantitative estimate of drug-likeness (QED) is 0.506. The molecule has 0 unspecified atom stereocenters. The smallest absolute Gasteiger partial charge is 0.227 e. The van der Waals surface area contributed by atoms with Gasteiger partial charge >= 0.3 is 0 Å². The van der Waals surface area contributed by atoms with E-state index in [0.717, 1.165) is 59.8 Å². The molecule has 3 heterocycles. The lowest BCUT2D eigenvalue weighted by molar-refractivity contribution is -0.136. The molecule has 3 aromatic rings. The SMILES string of the molecule is CCN(CC)C(=O)[C@@H]1CCCN(C(=S)Nc2cc3ccncc3c3ncccc23)C1. The number of pyridine rings is 2. The molecule has 1 N–H and O–H groups in total. The first kappa shape index (κ1) is 20.5. The molecule has 2 aromatic heterocycles. The molecule has 7 heteroatoms. The van der Waals surface area contributed by atoms with Crippen molar-refractivity contribution >= 4 is 50.6 Å². The molecule has 0 bridgehead atoms. The van der Waals surface area contributed by atoms with Crippen LogP contribution in [-0.2, 0) is 4.79 Å². The Labute approximate surface area is 182 Å². The lowest BCUT2D eigenvalue weighted by atomic mass is 9.96. The van der Waals surface area contributed by atoms with E-state index >= 15 is 0 Å². The molecule has 6 nitrogen and oxygen atoms in total. The number of fused-ring (bicyclic) bond motifs is 3. The molecule has 0 radical (unpaired) electrons. The average molecular weight is 422 g/mol. The number of benzene rings is 1. The van der Waals surface area contributed by atoms with Gasteiger partial charge < -0.3 is 15.1 Å². The van der Waals surface area contributed by atoms with E-state index in [-0.39, 0.29) is 11.8 Å². The van der Waals surface area contributed by atoms with E-state index in [4.69, 9.17) is 12.2 Å². The summed E-state index contributed by atoms with van der Waals surface area (Å²) in [6.45, 7) is 7.08. The van der Waals surface area contributed by atoms with Gasteiger partial charge in [0, 0.05) is 55.5 Å². The maximum absolute atomic E-state index is 12.8. The first-order chi connectivity index (χ1) is 14.6. The lowest BCUT2D eigenvalue weighted by Gasteiger charge is -2.36. The second kappa shape index (κ2) is 8.92. The van der Waals surface area contributed by atoms with E-state index in [2.05, 4.69) is 26.3 Å². The number of rotatable bonds is 4. The Morgan fingerprint density at radius 2 is 2.10 bits per heavy atom. The van der Waals surface area contributed by atoms with Gasteiger partial charge in [-0.15, -0.1) is 0 Å². The minimum Gasteiger partial charge on any atom is -0.348 e. The number of thiocarbonyl (C=S) groups is 1. The molecule has 0 saturated carbocycles. The molecule has 156 valence electrons. The number of aromatic nitrogens is 2. The summed E-state index contributed by atoms with van der Waals surface area (Å²) >= 11 is 5.76. The lowest BCUT2D eigenvalue weighted by Crippen LogP contribution is -2.47. The zero-order valence-electron chi connectivity index (χ0n) is 17.5. The summed E-state index contributed by atoms with van der Waals surface area (Å²) in [5, 5.41) is 7.19. The Balaban J connectivity index is 1.57. The van der Waals surface area contributed by atoms with Crippen molar-refractivity contribution in [1.29, 1.82) is 0 Å². The van der Waals surface area contributed by atoms with Crippen molar-refractivity contribution in [3.63, 3.8) is 0 Å². The normalized spacial score (nSPS) is 16.6. The van der Waals surface area contributed by atoms with Gasteiger partial charge in [-0.05, 0) is 68.6 Å². The molecule has 1 aliphatic heterocycles. The van der Waals surface area contributed by atoms with E-state index in [1.54, 1.807) is 12.4 Å². The summed E-state index contributed by atoms with van der Waals surface area (Å²) in [6, 6.07) is 8.05. The van der Waals surface area contributed by atoms with E-state index in [1.807, 2.05) is 43.1 Å². The third-order valence-electron chi connectivity index (χ3n) is 5.88. The third-order valence-corrected chi connectivity index (χ3v) is 6.24. The van der Waals surface area contributed by atoms with Crippen LogP contribution in [0.2, 0.25) is 0 Å². The predicted molar refractivity (Wildman–Crippen MR) is 125 cm³/mol. The number of carbonyl (C=O) groups is 1. The largest absolute Gasteiger partial charge is 0.348 e. The highest BCUT2D eigenvalue weighted by Crippen LogP contribution is 2.30. The van der Waals surface area contributed by atoms with Gasteiger partial charge in [0.15, 0.2) is 5.11 Å². The zero-order valence-corrected chi connectivity index (χ0v) is 18.3. The molecule has 4 rings (SSSR count). The number of nitrogens with one attached hydrogen (secondary N) is 1. The van der Waals surface area contributed by atoms with Crippen LogP contribution < -0.4 is 5.32 Å². The third kappa shape index (κ3) is 3.94. The van der Waals surface area contributed by atoms with Crippen LogP contribution in [-0.4, -0.2) is 57.0 Å². The maximum atomic E-state index is 12.8. The molecule has 1 aromatic carbocycles. The van der Waals surface area contributed by atoms with Crippen LogP contribution in [0.3, 0.4) is 0 Å². The van der Waals surface area contributed by atoms with Crippen LogP contribution >= 0.6 is 12.2 Å². The topological polar surface area (TPSA) is 61.4 Å². The molecular formula is C23H27N5OS. The number of anilines is 1. The van der Waals surface area contributed by atoms with E-state index in [1.165, 1.54) is 0 Å². The van der Waals surface area contributed by atoms with E-state index in [9.17, 15) is 4.79 Å². The molecule has 1 amide bonds. The maximum Gasteiger partial charge on any atom is 0.227 e. The fourth-order valence-electron chi connectivity index (χ4n) is 4.25. The average Bonchev–Trinajstić information content (AvgIpc) is 2.80. The number of piperidine rings is 1. The van der Waals surface area contributed by atoms with Crippen LogP contribution in [0, 0.1) is 5.92 Å². The minimum absolute atomic E-state index is 0.000473. The molecule has 30 heavy (non-hydrogen) atoms. The molecule has 0 spiro atoms. The first-order valence-electron chi connectivity index (χ1n) is 10.6. The van der Waals surface area contributed by atoms with Gasteiger partial charge in [-0.25, -0.2) is 0 Å². The molecule has 1 fully saturated rings. The number of carbonyl (C=O) groups excluding carboxylic acids is 1. The summed E-state index contributed by atoms with van der Waals surface area (Å²) < 4.78 is 0. The summed E-state index contributed by atoms with van der Waals surface area (Å²) in [4.78, 5) is 25.7. The van der Waals surface area contributed by atoms with Crippen LogP contribution in [0.5, 0.6) is 0 Å². The van der Waals surface area contributed by atoms with Crippen LogP contribution in [0.25, 0.3) is 21.7 Å². The molecule has 1 aliphatic rings. The molecule has 1 atom stereocenters. The van der Waals surface area contributed by atoms with Crippen molar-refractivity contribution in [2.75, 3.05) is 31.5 Å².